The number of rotatable bonds is 1. The summed E-state index contributed by atoms with van der Waals surface area (Å²) in [5, 5.41) is 7.03. The summed E-state index contributed by atoms with van der Waals surface area (Å²) >= 11 is 0. The Bertz CT molecular complexity index is 227. The number of esters is 1. The van der Waals surface area contributed by atoms with E-state index in [1.807, 2.05) is 0 Å². The molecule has 0 aliphatic rings. The topological polar surface area (TPSA) is 52.1 Å². The highest BCUT2D eigenvalue weighted by molar-refractivity contribution is 5.86. The molecule has 0 aromatic carbocycles. The summed E-state index contributed by atoms with van der Waals surface area (Å²) in [5.74, 6) is -0.465. The highest BCUT2D eigenvalue weighted by Gasteiger charge is 2.04. The van der Waals surface area contributed by atoms with Gasteiger partial charge in [-0.15, -0.1) is 5.10 Å². The molecule has 4 heteroatoms. The minimum Gasteiger partial charge on any atom is -0.464 e. The van der Waals surface area contributed by atoms with Crippen molar-refractivity contribution in [2.75, 3.05) is 7.11 Å². The Labute approximate surface area is 59.3 Å². The van der Waals surface area contributed by atoms with E-state index >= 15 is 0 Å². The van der Waals surface area contributed by atoms with E-state index in [-0.39, 0.29) is 7.12 Å². The fourth-order valence-corrected chi connectivity index (χ4v) is 0.515. The molecule has 0 atom stereocenters. The molecule has 0 saturated carbocycles. The van der Waals surface area contributed by atoms with Gasteiger partial charge in [0, 0.05) is 7.62 Å². The summed E-state index contributed by atoms with van der Waals surface area (Å²) < 4.78 is 4.39. The maximum absolute atomic E-state index is 10.7. The number of ether oxygens (including phenoxy) is 1. The van der Waals surface area contributed by atoms with Gasteiger partial charge < -0.3 is 4.74 Å². The highest BCUT2D eigenvalue weighted by Crippen LogP contribution is 1.91. The third-order valence-corrected chi connectivity index (χ3v) is 0.967. The van der Waals surface area contributed by atoms with E-state index in [4.69, 9.17) is 0 Å². The molecule has 0 amide bonds. The lowest BCUT2D eigenvalue weighted by atomic mass is 10.4. The Morgan fingerprint density at radius 2 is 2.60 bits per heavy atom. The maximum atomic E-state index is 10.7. The van der Waals surface area contributed by atoms with Crippen LogP contribution in [0.4, 0.5) is 0 Å². The van der Waals surface area contributed by atoms with Gasteiger partial charge in [0.1, 0.15) is 0 Å². The van der Waals surface area contributed by atoms with Crippen LogP contribution in [0, 0.1) is 0 Å². The minimum atomic E-state index is -0.465. The number of hydrogen-bond donors (Lipinski definition) is 0. The van der Waals surface area contributed by atoms with Crippen LogP contribution in [0.3, 0.4) is 0 Å². The van der Waals surface area contributed by atoms with Gasteiger partial charge in [-0.05, 0) is 12.1 Å². The number of carbonyl (C=O) groups excluding carboxylic acids is 1. The van der Waals surface area contributed by atoms with E-state index in [2.05, 4.69) is 14.9 Å². The van der Waals surface area contributed by atoms with E-state index in [1.54, 1.807) is 12.1 Å². The van der Waals surface area contributed by atoms with Crippen molar-refractivity contribution < 1.29 is 11.0 Å². The van der Waals surface area contributed by atoms with E-state index in [9.17, 15) is 4.79 Å². The lowest BCUT2D eigenvalue weighted by Crippen LogP contribution is -2.04. The van der Waals surface area contributed by atoms with Gasteiger partial charge >= 0.3 is 5.97 Å². The maximum Gasteiger partial charge on any atom is 0.358 e. The van der Waals surface area contributed by atoms with Crippen LogP contribution in [0.1, 0.15) is 11.9 Å². The average molecular weight is 139 g/mol. The molecule has 0 bridgehead atoms. The zero-order valence-corrected chi connectivity index (χ0v) is 5.44. The third-order valence-electron chi connectivity index (χ3n) is 0.967. The lowest BCUT2D eigenvalue weighted by Gasteiger charge is -1.93. The van der Waals surface area contributed by atoms with E-state index in [0.29, 0.717) is 0 Å². The standard InChI is InChI=1S/C6H6N2O2.H/c1-10-6(9)5-3-2-4-7-8-5;/h2-4H,1H3;. The molecule has 1 rings (SSSR count). The summed E-state index contributed by atoms with van der Waals surface area (Å²) in [6.45, 7) is 0. The Morgan fingerprint density at radius 3 is 3.10 bits per heavy atom. The number of carbonyl (C=O) groups is 1. The van der Waals surface area contributed by atoms with Gasteiger partial charge in [-0.2, -0.15) is 5.10 Å². The molecule has 1 aromatic rings. The van der Waals surface area contributed by atoms with Gasteiger partial charge in [0.25, 0.3) is 0 Å². The third kappa shape index (κ3) is 1.28. The van der Waals surface area contributed by atoms with Crippen molar-refractivity contribution in [1.82, 2.24) is 10.2 Å². The predicted octanol–water partition coefficient (Wildman–Crippen LogP) is 0.376. The van der Waals surface area contributed by atoms with Crippen LogP contribution in [0.25, 0.3) is 0 Å². The van der Waals surface area contributed by atoms with Gasteiger partial charge in [-0.3, -0.25) is 0 Å². The Morgan fingerprint density at radius 1 is 1.80 bits per heavy atom. The van der Waals surface area contributed by atoms with Crippen molar-refractivity contribution in [2.45, 2.75) is 0 Å². The summed E-state index contributed by atoms with van der Waals surface area (Å²) in [5.41, 5.74) is 0.227. The van der Waals surface area contributed by atoms with Crippen molar-refractivity contribution in [2.24, 2.45) is 0 Å². The summed E-state index contributed by atoms with van der Waals surface area (Å²) in [6.07, 6.45) is 1.49. The first-order chi connectivity index (χ1) is 4.84. The SMILES string of the molecule is COC(=O)c1cccnn1.[H]. The normalized spacial score (nSPS) is 8.90. The van der Waals surface area contributed by atoms with E-state index < -0.39 is 5.97 Å². The first kappa shape index (κ1) is 6.67. The van der Waals surface area contributed by atoms with E-state index in [1.165, 1.54) is 13.3 Å². The molecule has 0 saturated heterocycles. The fourth-order valence-electron chi connectivity index (χ4n) is 0.515. The highest BCUT2D eigenvalue weighted by atomic mass is 16.5. The Hall–Kier alpha value is -1.45. The van der Waals surface area contributed by atoms with Crippen molar-refractivity contribution in [3.8, 4) is 0 Å². The van der Waals surface area contributed by atoms with Crippen LogP contribution in [0.15, 0.2) is 18.3 Å². The van der Waals surface area contributed by atoms with Crippen molar-refractivity contribution >= 4 is 5.97 Å². The second kappa shape index (κ2) is 2.91. The Kier molecular flexibility index (Phi) is 1.94. The predicted molar refractivity (Wildman–Crippen MR) is 34.5 cm³/mol. The first-order valence-electron chi connectivity index (χ1n) is 2.70. The number of methoxy groups -OCH3 is 1. The van der Waals surface area contributed by atoms with E-state index in [0.717, 1.165) is 0 Å². The first-order valence-corrected chi connectivity index (χ1v) is 2.70. The molecule has 0 unspecified atom stereocenters. The number of hydrogen-bond acceptors (Lipinski definition) is 4. The van der Waals surface area contributed by atoms with Crippen molar-refractivity contribution in [1.29, 1.82) is 0 Å². The molecule has 1 heterocycles. The molecule has 53 valence electrons. The molecule has 0 spiro atoms. The smallest absolute Gasteiger partial charge is 0.358 e. The number of aromatic nitrogens is 2. The summed E-state index contributed by atoms with van der Waals surface area (Å²) in [4.78, 5) is 10.7. The zero-order valence-electron chi connectivity index (χ0n) is 6.44. The van der Waals surface area contributed by atoms with Crippen LogP contribution < -0.4 is 0 Å². The van der Waals surface area contributed by atoms with Crippen molar-refractivity contribution in [3.05, 3.63) is 24.0 Å². The molecule has 0 N–H and O–H groups in total. The van der Waals surface area contributed by atoms with Crippen molar-refractivity contribution in [3.63, 3.8) is 0 Å². The number of nitrogens with zero attached hydrogens (tertiary/aromatic N) is 2. The van der Waals surface area contributed by atoms with Gasteiger partial charge in [-0.25, -0.2) is 4.79 Å². The van der Waals surface area contributed by atoms with Crippen LogP contribution in [0.2, 0.25) is 0 Å². The molecule has 4 nitrogen and oxygen atoms in total. The largest absolute Gasteiger partial charge is 0.464 e. The molecule has 0 aliphatic carbocycles. The monoisotopic (exact) mass is 139 g/mol. The molecular weight excluding hydrogens is 132 g/mol. The minimum absolute atomic E-state index is 0. The average Bonchev–Trinajstić information content (AvgIpc) is 2.05. The van der Waals surface area contributed by atoms with Gasteiger partial charge in [0.15, 0.2) is 5.69 Å². The molecular formula is C6H7N2O2. The summed E-state index contributed by atoms with van der Waals surface area (Å²) in [7, 11) is 1.30. The second-order valence-corrected chi connectivity index (χ2v) is 1.60. The van der Waals surface area contributed by atoms with Crippen LogP contribution in [-0.4, -0.2) is 23.3 Å². The zero-order chi connectivity index (χ0) is 7.40. The molecule has 10 heavy (non-hydrogen) atoms. The van der Waals surface area contributed by atoms with Gasteiger partial charge in [0.2, 0.25) is 0 Å². The quantitative estimate of drug-likeness (QED) is 0.527. The van der Waals surface area contributed by atoms with Crippen LogP contribution in [0.5, 0.6) is 0 Å². The summed E-state index contributed by atoms with van der Waals surface area (Å²) in [6, 6.07) is 3.16. The fraction of sp³-hybridized carbons (Fsp3) is 0.167. The molecule has 0 fully saturated rings. The molecule has 0 aliphatic heterocycles. The van der Waals surface area contributed by atoms with Gasteiger partial charge in [0.05, 0.1) is 7.11 Å². The lowest BCUT2D eigenvalue weighted by molar-refractivity contribution is 0.0592. The van der Waals surface area contributed by atoms with Gasteiger partial charge in [-0.1, -0.05) is 0 Å². The van der Waals surface area contributed by atoms with Crippen LogP contribution in [-0.2, 0) is 4.74 Å². The molecule has 1 aromatic heterocycles. The molecule has 1 radical (unpaired) electrons. The second-order valence-electron chi connectivity index (χ2n) is 1.60. The Balaban J connectivity index is 0.000001000. The van der Waals surface area contributed by atoms with Crippen LogP contribution >= 0.6 is 0 Å².